The Balaban J connectivity index is 1.93. The van der Waals surface area contributed by atoms with E-state index in [2.05, 4.69) is 14.8 Å². The van der Waals surface area contributed by atoms with Crippen molar-refractivity contribution in [3.63, 3.8) is 0 Å². The number of hydrogen-bond donors (Lipinski definition) is 1. The highest BCUT2D eigenvalue weighted by atomic mass is 16.1. The fraction of sp³-hybridized carbons (Fsp3) is 0.455. The molecule has 1 aliphatic rings. The van der Waals surface area contributed by atoms with Gasteiger partial charge in [-0.1, -0.05) is 0 Å². The number of aldehydes is 1. The molecule has 2 heterocycles. The van der Waals surface area contributed by atoms with E-state index in [4.69, 9.17) is 5.73 Å². The van der Waals surface area contributed by atoms with Gasteiger partial charge >= 0.3 is 0 Å². The van der Waals surface area contributed by atoms with E-state index in [1.165, 1.54) is 0 Å². The van der Waals surface area contributed by atoms with E-state index in [1.807, 2.05) is 12.1 Å². The van der Waals surface area contributed by atoms with Crippen molar-refractivity contribution in [3.8, 4) is 0 Å². The van der Waals surface area contributed by atoms with E-state index in [9.17, 15) is 4.79 Å². The average molecular weight is 220 g/mol. The largest absolute Gasteiger partial charge is 0.397 e. The second-order valence-corrected chi connectivity index (χ2v) is 3.90. The normalized spacial score (nSPS) is 17.4. The summed E-state index contributed by atoms with van der Waals surface area (Å²) in [5.41, 5.74) is 6.27. The first-order chi connectivity index (χ1) is 7.79. The van der Waals surface area contributed by atoms with Crippen molar-refractivity contribution in [2.45, 2.75) is 0 Å². The average Bonchev–Trinajstić information content (AvgIpc) is 2.32. The molecule has 16 heavy (non-hydrogen) atoms. The molecule has 1 fully saturated rings. The molecule has 86 valence electrons. The molecular weight excluding hydrogens is 204 g/mol. The number of aromatic nitrogens is 1. The molecule has 0 aromatic carbocycles. The van der Waals surface area contributed by atoms with Gasteiger partial charge in [-0.05, 0) is 12.1 Å². The van der Waals surface area contributed by atoms with Crippen molar-refractivity contribution in [2.24, 2.45) is 0 Å². The summed E-state index contributed by atoms with van der Waals surface area (Å²) in [7, 11) is 0. The van der Waals surface area contributed by atoms with Crippen molar-refractivity contribution in [3.05, 3.63) is 18.3 Å². The van der Waals surface area contributed by atoms with Crippen LogP contribution in [0.5, 0.6) is 0 Å². The third-order valence-electron chi connectivity index (χ3n) is 2.80. The topological polar surface area (TPSA) is 62.5 Å². The van der Waals surface area contributed by atoms with Crippen LogP contribution in [0.1, 0.15) is 0 Å². The summed E-state index contributed by atoms with van der Waals surface area (Å²) >= 11 is 0. The van der Waals surface area contributed by atoms with Gasteiger partial charge in [0.15, 0.2) is 0 Å². The Bertz CT molecular complexity index is 344. The van der Waals surface area contributed by atoms with Crippen LogP contribution in [0, 0.1) is 0 Å². The number of piperazine rings is 1. The van der Waals surface area contributed by atoms with Crippen LogP contribution in [0.4, 0.5) is 11.5 Å². The minimum absolute atomic E-state index is 0.531. The van der Waals surface area contributed by atoms with Crippen molar-refractivity contribution in [1.82, 2.24) is 9.88 Å². The van der Waals surface area contributed by atoms with Crippen LogP contribution >= 0.6 is 0 Å². The first-order valence-electron chi connectivity index (χ1n) is 5.42. The smallest absolute Gasteiger partial charge is 0.133 e. The van der Waals surface area contributed by atoms with E-state index < -0.39 is 0 Å². The number of nitrogen functional groups attached to an aromatic ring is 1. The van der Waals surface area contributed by atoms with E-state index in [0.717, 1.165) is 38.3 Å². The SMILES string of the molecule is Nc1ccc(N2CCN(CC=O)CC2)nc1. The van der Waals surface area contributed by atoms with Crippen LogP contribution in [0.25, 0.3) is 0 Å². The van der Waals surface area contributed by atoms with Gasteiger partial charge in [0.2, 0.25) is 0 Å². The predicted octanol–water partition coefficient (Wildman–Crippen LogP) is -0.0153. The summed E-state index contributed by atoms with van der Waals surface area (Å²) in [4.78, 5) is 19.0. The third kappa shape index (κ3) is 2.49. The Labute approximate surface area is 94.9 Å². The molecule has 0 spiro atoms. The molecule has 0 atom stereocenters. The Kier molecular flexibility index (Phi) is 3.36. The molecule has 5 heteroatoms. The molecule has 1 aromatic heterocycles. The first kappa shape index (κ1) is 10.9. The zero-order chi connectivity index (χ0) is 11.4. The number of anilines is 2. The van der Waals surface area contributed by atoms with Gasteiger partial charge in [-0.3, -0.25) is 4.90 Å². The Morgan fingerprint density at radius 2 is 2.06 bits per heavy atom. The quantitative estimate of drug-likeness (QED) is 0.726. The summed E-state index contributed by atoms with van der Waals surface area (Å²) in [5.74, 6) is 0.958. The number of rotatable bonds is 3. The van der Waals surface area contributed by atoms with Gasteiger partial charge in [-0.2, -0.15) is 0 Å². The molecular formula is C11H16N4O. The lowest BCUT2D eigenvalue weighted by molar-refractivity contribution is -0.108. The minimum atomic E-state index is 0.531. The Hall–Kier alpha value is -1.62. The summed E-state index contributed by atoms with van der Waals surface area (Å²) in [6, 6.07) is 3.80. The fourth-order valence-corrected chi connectivity index (χ4v) is 1.85. The van der Waals surface area contributed by atoms with E-state index in [1.54, 1.807) is 6.20 Å². The lowest BCUT2D eigenvalue weighted by atomic mass is 10.3. The molecule has 0 aliphatic carbocycles. The van der Waals surface area contributed by atoms with Gasteiger partial charge in [0, 0.05) is 26.2 Å². The van der Waals surface area contributed by atoms with Gasteiger partial charge in [-0.25, -0.2) is 4.98 Å². The van der Waals surface area contributed by atoms with Gasteiger partial charge < -0.3 is 15.4 Å². The highest BCUT2D eigenvalue weighted by molar-refractivity contribution is 5.52. The molecule has 0 amide bonds. The molecule has 0 saturated carbocycles. The van der Waals surface area contributed by atoms with Crippen molar-refractivity contribution in [2.75, 3.05) is 43.4 Å². The standard InChI is InChI=1S/C11H16N4O/c12-10-1-2-11(13-9-10)15-5-3-14(4-6-15)7-8-16/h1-2,8-9H,3-7,12H2. The maximum atomic E-state index is 10.4. The fourth-order valence-electron chi connectivity index (χ4n) is 1.85. The second-order valence-electron chi connectivity index (χ2n) is 3.90. The lowest BCUT2D eigenvalue weighted by Crippen LogP contribution is -2.47. The third-order valence-corrected chi connectivity index (χ3v) is 2.80. The molecule has 1 aliphatic heterocycles. The van der Waals surface area contributed by atoms with Crippen LogP contribution in [0.3, 0.4) is 0 Å². The van der Waals surface area contributed by atoms with Crippen molar-refractivity contribution < 1.29 is 4.79 Å². The van der Waals surface area contributed by atoms with Gasteiger partial charge in [0.05, 0.1) is 18.4 Å². The highest BCUT2D eigenvalue weighted by Gasteiger charge is 2.16. The van der Waals surface area contributed by atoms with Crippen LogP contribution in [0.15, 0.2) is 18.3 Å². The molecule has 2 N–H and O–H groups in total. The van der Waals surface area contributed by atoms with Crippen LogP contribution in [-0.4, -0.2) is 48.9 Å². The van der Waals surface area contributed by atoms with Crippen molar-refractivity contribution in [1.29, 1.82) is 0 Å². The van der Waals surface area contributed by atoms with E-state index in [-0.39, 0.29) is 0 Å². The number of carbonyl (C=O) groups is 1. The zero-order valence-electron chi connectivity index (χ0n) is 9.17. The summed E-state index contributed by atoms with van der Waals surface area (Å²) in [5, 5.41) is 0. The maximum absolute atomic E-state index is 10.4. The number of nitrogens with two attached hydrogens (primary N) is 1. The molecule has 0 unspecified atom stereocenters. The molecule has 1 aromatic rings. The van der Waals surface area contributed by atoms with Gasteiger partial charge in [0.1, 0.15) is 12.1 Å². The van der Waals surface area contributed by atoms with E-state index >= 15 is 0 Å². The van der Waals surface area contributed by atoms with Crippen LogP contribution in [0.2, 0.25) is 0 Å². The maximum Gasteiger partial charge on any atom is 0.133 e. The van der Waals surface area contributed by atoms with Crippen LogP contribution in [-0.2, 0) is 4.79 Å². The van der Waals surface area contributed by atoms with Crippen LogP contribution < -0.4 is 10.6 Å². The highest BCUT2D eigenvalue weighted by Crippen LogP contribution is 2.14. The van der Waals surface area contributed by atoms with Crippen molar-refractivity contribution >= 4 is 17.8 Å². The minimum Gasteiger partial charge on any atom is -0.397 e. The van der Waals surface area contributed by atoms with Gasteiger partial charge in [-0.15, -0.1) is 0 Å². The summed E-state index contributed by atoms with van der Waals surface area (Å²) in [6.07, 6.45) is 2.63. The summed E-state index contributed by atoms with van der Waals surface area (Å²) in [6.45, 7) is 4.16. The Morgan fingerprint density at radius 3 is 2.62 bits per heavy atom. The van der Waals surface area contributed by atoms with Gasteiger partial charge in [0.25, 0.3) is 0 Å². The Morgan fingerprint density at radius 1 is 1.31 bits per heavy atom. The van der Waals surface area contributed by atoms with E-state index in [0.29, 0.717) is 12.2 Å². The second kappa shape index (κ2) is 4.94. The lowest BCUT2D eigenvalue weighted by Gasteiger charge is -2.34. The monoisotopic (exact) mass is 220 g/mol. The summed E-state index contributed by atoms with van der Waals surface area (Å²) < 4.78 is 0. The molecule has 1 saturated heterocycles. The number of nitrogens with zero attached hydrogens (tertiary/aromatic N) is 3. The first-order valence-corrected chi connectivity index (χ1v) is 5.42. The number of carbonyl (C=O) groups excluding carboxylic acids is 1. The predicted molar refractivity (Wildman–Crippen MR) is 63.4 cm³/mol. The molecule has 2 rings (SSSR count). The molecule has 0 bridgehead atoms. The zero-order valence-corrected chi connectivity index (χ0v) is 9.17. The molecule has 0 radical (unpaired) electrons. The number of hydrogen-bond acceptors (Lipinski definition) is 5. The number of pyridine rings is 1. The molecule has 5 nitrogen and oxygen atoms in total.